The van der Waals surface area contributed by atoms with E-state index < -0.39 is 0 Å². The first-order valence-electron chi connectivity index (χ1n) is 6.65. The summed E-state index contributed by atoms with van der Waals surface area (Å²) in [6.45, 7) is 0. The van der Waals surface area contributed by atoms with E-state index in [9.17, 15) is 0 Å². The summed E-state index contributed by atoms with van der Waals surface area (Å²) in [5, 5.41) is 4.53. The Morgan fingerprint density at radius 2 is 1.67 bits per heavy atom. The summed E-state index contributed by atoms with van der Waals surface area (Å²) in [5.74, 6) is 0. The van der Waals surface area contributed by atoms with Crippen molar-refractivity contribution in [3.8, 4) is 0 Å². The lowest BCUT2D eigenvalue weighted by atomic mass is 9.99. The number of rotatable bonds is 3. The van der Waals surface area contributed by atoms with Gasteiger partial charge in [0.1, 0.15) is 0 Å². The average Bonchev–Trinajstić information content (AvgIpc) is 2.47. The molecule has 0 saturated heterocycles. The fraction of sp³-hybridized carbons (Fsp3) is 0.118. The molecule has 4 heteroatoms. The maximum absolute atomic E-state index is 4.56. The molecule has 1 N–H and O–H groups in total. The minimum absolute atomic E-state index is 0.107. The van der Waals surface area contributed by atoms with E-state index in [-0.39, 0.29) is 6.04 Å². The zero-order valence-electron chi connectivity index (χ0n) is 11.5. The van der Waals surface area contributed by atoms with Crippen LogP contribution >= 0.6 is 31.9 Å². The van der Waals surface area contributed by atoms with Gasteiger partial charge in [-0.2, -0.15) is 0 Å². The van der Waals surface area contributed by atoms with Gasteiger partial charge >= 0.3 is 0 Å². The Kier molecular flexibility index (Phi) is 4.38. The molecule has 0 saturated carbocycles. The van der Waals surface area contributed by atoms with Crippen LogP contribution in [0.15, 0.2) is 63.7 Å². The summed E-state index contributed by atoms with van der Waals surface area (Å²) in [6.07, 6.45) is 1.94. The normalized spacial score (nSPS) is 12.5. The zero-order valence-corrected chi connectivity index (χ0v) is 14.6. The standard InChI is InChI=1S/C17H14Br2N2/c1-20-17(12-7-14(18)9-15(19)8-12)13-6-11-4-2-3-5-16(11)21-10-13/h2-10,17,20H,1H3. The first-order valence-corrected chi connectivity index (χ1v) is 8.24. The Hall–Kier alpha value is -1.23. The van der Waals surface area contributed by atoms with Crippen LogP contribution in [0.4, 0.5) is 0 Å². The van der Waals surface area contributed by atoms with Crippen LogP contribution in [0.2, 0.25) is 0 Å². The van der Waals surface area contributed by atoms with Crippen molar-refractivity contribution < 1.29 is 0 Å². The highest BCUT2D eigenvalue weighted by Gasteiger charge is 2.14. The highest BCUT2D eigenvalue weighted by molar-refractivity contribution is 9.11. The van der Waals surface area contributed by atoms with Crippen LogP contribution in [-0.2, 0) is 0 Å². The molecule has 21 heavy (non-hydrogen) atoms. The molecule has 106 valence electrons. The number of hydrogen-bond donors (Lipinski definition) is 1. The third kappa shape index (κ3) is 3.18. The Morgan fingerprint density at radius 1 is 0.952 bits per heavy atom. The van der Waals surface area contributed by atoms with E-state index in [1.807, 2.05) is 37.5 Å². The number of nitrogens with one attached hydrogen (secondary N) is 1. The van der Waals surface area contributed by atoms with Crippen molar-refractivity contribution in [2.45, 2.75) is 6.04 Å². The third-order valence-corrected chi connectivity index (χ3v) is 4.37. The molecule has 1 aromatic heterocycles. The van der Waals surface area contributed by atoms with Crippen LogP contribution in [0.5, 0.6) is 0 Å². The van der Waals surface area contributed by atoms with Gasteiger partial charge in [-0.1, -0.05) is 50.1 Å². The number of aromatic nitrogens is 1. The lowest BCUT2D eigenvalue weighted by Crippen LogP contribution is -2.18. The predicted molar refractivity (Wildman–Crippen MR) is 94.5 cm³/mol. The van der Waals surface area contributed by atoms with Crippen molar-refractivity contribution in [1.82, 2.24) is 10.3 Å². The van der Waals surface area contributed by atoms with Crippen LogP contribution in [0.25, 0.3) is 10.9 Å². The van der Waals surface area contributed by atoms with Crippen LogP contribution in [0, 0.1) is 0 Å². The van der Waals surface area contributed by atoms with Gasteiger partial charge in [0.25, 0.3) is 0 Å². The summed E-state index contributed by atoms with van der Waals surface area (Å²) >= 11 is 7.10. The molecule has 1 atom stereocenters. The Labute approximate surface area is 140 Å². The molecule has 0 aliphatic rings. The Balaban J connectivity index is 2.08. The maximum Gasteiger partial charge on any atom is 0.0702 e. The molecule has 0 aliphatic heterocycles. The smallest absolute Gasteiger partial charge is 0.0702 e. The quantitative estimate of drug-likeness (QED) is 0.657. The minimum atomic E-state index is 0.107. The van der Waals surface area contributed by atoms with Gasteiger partial charge in [0.15, 0.2) is 0 Å². The first kappa shape index (κ1) is 14.7. The summed E-state index contributed by atoms with van der Waals surface area (Å²) < 4.78 is 2.11. The summed E-state index contributed by atoms with van der Waals surface area (Å²) in [5.41, 5.74) is 3.36. The van der Waals surface area contributed by atoms with Gasteiger partial charge in [-0.3, -0.25) is 4.98 Å². The lowest BCUT2D eigenvalue weighted by Gasteiger charge is -2.18. The van der Waals surface area contributed by atoms with Crippen LogP contribution < -0.4 is 5.32 Å². The number of halogens is 2. The van der Waals surface area contributed by atoms with E-state index in [4.69, 9.17) is 0 Å². The predicted octanol–water partition coefficient (Wildman–Crippen LogP) is 5.07. The fourth-order valence-electron chi connectivity index (χ4n) is 2.51. The second-order valence-electron chi connectivity index (χ2n) is 4.89. The topological polar surface area (TPSA) is 24.9 Å². The van der Waals surface area contributed by atoms with Crippen molar-refractivity contribution in [1.29, 1.82) is 0 Å². The van der Waals surface area contributed by atoms with Gasteiger partial charge in [-0.05, 0) is 48.5 Å². The van der Waals surface area contributed by atoms with Crippen molar-refractivity contribution >= 4 is 42.8 Å². The van der Waals surface area contributed by atoms with E-state index in [0.29, 0.717) is 0 Å². The van der Waals surface area contributed by atoms with E-state index in [0.717, 1.165) is 25.4 Å². The monoisotopic (exact) mass is 404 g/mol. The highest BCUT2D eigenvalue weighted by atomic mass is 79.9. The van der Waals surface area contributed by atoms with E-state index in [1.165, 1.54) is 5.56 Å². The average molecular weight is 406 g/mol. The zero-order chi connectivity index (χ0) is 14.8. The van der Waals surface area contributed by atoms with Gasteiger partial charge in [-0.25, -0.2) is 0 Å². The van der Waals surface area contributed by atoms with Gasteiger partial charge in [0.2, 0.25) is 0 Å². The number of para-hydroxylation sites is 1. The van der Waals surface area contributed by atoms with Gasteiger partial charge in [0, 0.05) is 20.5 Å². The fourth-order valence-corrected chi connectivity index (χ4v) is 3.84. The summed E-state index contributed by atoms with van der Waals surface area (Å²) in [4.78, 5) is 4.56. The van der Waals surface area contributed by atoms with Crippen molar-refractivity contribution in [3.05, 3.63) is 74.8 Å². The second kappa shape index (κ2) is 6.26. The van der Waals surface area contributed by atoms with Gasteiger partial charge < -0.3 is 5.32 Å². The van der Waals surface area contributed by atoms with E-state index in [2.05, 4.69) is 66.4 Å². The number of hydrogen-bond acceptors (Lipinski definition) is 2. The molecule has 2 nitrogen and oxygen atoms in total. The molecule has 0 radical (unpaired) electrons. The molecule has 0 amide bonds. The molecule has 1 unspecified atom stereocenters. The van der Waals surface area contributed by atoms with Gasteiger partial charge in [-0.15, -0.1) is 0 Å². The largest absolute Gasteiger partial charge is 0.309 e. The van der Waals surface area contributed by atoms with Gasteiger partial charge in [0.05, 0.1) is 11.6 Å². The van der Waals surface area contributed by atoms with Crippen molar-refractivity contribution in [2.24, 2.45) is 0 Å². The molecule has 3 rings (SSSR count). The molecular formula is C17H14Br2N2. The van der Waals surface area contributed by atoms with Crippen LogP contribution in [0.3, 0.4) is 0 Å². The molecular weight excluding hydrogens is 392 g/mol. The molecule has 0 aliphatic carbocycles. The third-order valence-electron chi connectivity index (χ3n) is 3.45. The SMILES string of the molecule is CNC(c1cc(Br)cc(Br)c1)c1cnc2ccccc2c1. The summed E-state index contributed by atoms with van der Waals surface area (Å²) in [7, 11) is 1.97. The van der Waals surface area contributed by atoms with E-state index in [1.54, 1.807) is 0 Å². The van der Waals surface area contributed by atoms with Crippen LogP contribution in [0.1, 0.15) is 17.2 Å². The van der Waals surface area contributed by atoms with Crippen molar-refractivity contribution in [3.63, 3.8) is 0 Å². The van der Waals surface area contributed by atoms with E-state index >= 15 is 0 Å². The molecule has 1 heterocycles. The molecule has 0 spiro atoms. The molecule has 2 aromatic carbocycles. The maximum atomic E-state index is 4.56. The Morgan fingerprint density at radius 3 is 2.38 bits per heavy atom. The first-order chi connectivity index (χ1) is 10.2. The Bertz CT molecular complexity index is 766. The summed E-state index contributed by atoms with van der Waals surface area (Å²) in [6, 6.07) is 16.8. The van der Waals surface area contributed by atoms with Crippen LogP contribution in [-0.4, -0.2) is 12.0 Å². The number of nitrogens with zero attached hydrogens (tertiary/aromatic N) is 1. The second-order valence-corrected chi connectivity index (χ2v) is 6.72. The number of pyridine rings is 1. The molecule has 0 bridgehead atoms. The number of fused-ring (bicyclic) bond motifs is 1. The number of benzene rings is 2. The minimum Gasteiger partial charge on any atom is -0.309 e. The molecule has 3 aromatic rings. The lowest BCUT2D eigenvalue weighted by molar-refractivity contribution is 0.689. The highest BCUT2D eigenvalue weighted by Crippen LogP contribution is 2.29. The van der Waals surface area contributed by atoms with Crippen molar-refractivity contribution in [2.75, 3.05) is 7.05 Å². The molecule has 0 fully saturated rings.